The van der Waals surface area contributed by atoms with E-state index in [1.807, 2.05) is 6.92 Å². The van der Waals surface area contributed by atoms with Crippen LogP contribution >= 0.6 is 11.6 Å². The van der Waals surface area contributed by atoms with E-state index in [-0.39, 0.29) is 16.9 Å². The predicted octanol–water partition coefficient (Wildman–Crippen LogP) is 3.60. The zero-order valence-corrected chi connectivity index (χ0v) is 9.57. The summed E-state index contributed by atoms with van der Waals surface area (Å²) in [5, 5.41) is 3.68. The van der Waals surface area contributed by atoms with Gasteiger partial charge in [-0.25, -0.2) is 4.39 Å². The number of nitrogens with one attached hydrogen (secondary N) is 1. The molecule has 1 atom stereocenters. The largest absolute Gasteiger partial charge is 0.310 e. The average molecular weight is 228 g/mol. The molecule has 1 aromatic rings. The molecule has 1 saturated heterocycles. The van der Waals surface area contributed by atoms with Crippen LogP contribution in [0.25, 0.3) is 0 Å². The monoisotopic (exact) mass is 227 g/mol. The van der Waals surface area contributed by atoms with Gasteiger partial charge in [-0.2, -0.15) is 0 Å². The molecule has 1 aliphatic heterocycles. The highest BCUT2D eigenvalue weighted by Crippen LogP contribution is 2.32. The van der Waals surface area contributed by atoms with E-state index in [0.717, 1.165) is 24.1 Å². The van der Waals surface area contributed by atoms with Crippen LogP contribution in [0, 0.1) is 12.7 Å². The van der Waals surface area contributed by atoms with E-state index in [0.29, 0.717) is 0 Å². The molecule has 1 N–H and O–H groups in total. The van der Waals surface area contributed by atoms with Crippen LogP contribution in [-0.4, -0.2) is 6.54 Å². The van der Waals surface area contributed by atoms with Crippen molar-refractivity contribution in [2.75, 3.05) is 6.54 Å². The fourth-order valence-electron chi connectivity index (χ4n) is 2.19. The first-order valence-corrected chi connectivity index (χ1v) is 5.76. The number of hydrogen-bond donors (Lipinski definition) is 1. The van der Waals surface area contributed by atoms with Crippen molar-refractivity contribution in [1.29, 1.82) is 0 Å². The quantitative estimate of drug-likeness (QED) is 0.773. The molecule has 1 aliphatic rings. The van der Waals surface area contributed by atoms with Crippen molar-refractivity contribution in [3.63, 3.8) is 0 Å². The van der Waals surface area contributed by atoms with E-state index in [1.54, 1.807) is 6.07 Å². The van der Waals surface area contributed by atoms with Gasteiger partial charge < -0.3 is 5.32 Å². The molecule has 0 aromatic heterocycles. The summed E-state index contributed by atoms with van der Waals surface area (Å²) in [6.07, 6.45) is 3.43. The van der Waals surface area contributed by atoms with E-state index in [9.17, 15) is 4.39 Å². The molecule has 0 saturated carbocycles. The number of aryl methyl sites for hydroxylation is 1. The molecule has 3 heteroatoms. The maximum absolute atomic E-state index is 13.4. The standard InChI is InChI=1S/C12H15ClFN/c1-8-5-6-9(14)12(13)11(8)10-4-2-3-7-15-10/h5-6,10,15H,2-4,7H2,1H3. The molecular weight excluding hydrogens is 213 g/mol. The molecule has 15 heavy (non-hydrogen) atoms. The lowest BCUT2D eigenvalue weighted by Gasteiger charge is -2.26. The Hall–Kier alpha value is -0.600. The lowest BCUT2D eigenvalue weighted by atomic mass is 9.94. The minimum absolute atomic E-state index is 0.224. The van der Waals surface area contributed by atoms with Crippen molar-refractivity contribution >= 4 is 11.6 Å². The molecule has 0 aliphatic carbocycles. The van der Waals surface area contributed by atoms with Crippen molar-refractivity contribution in [2.24, 2.45) is 0 Å². The van der Waals surface area contributed by atoms with Crippen LogP contribution in [0.5, 0.6) is 0 Å². The summed E-state index contributed by atoms with van der Waals surface area (Å²) < 4.78 is 13.4. The molecule has 1 fully saturated rings. The first kappa shape index (κ1) is 10.9. The summed E-state index contributed by atoms with van der Waals surface area (Å²) in [7, 11) is 0. The molecule has 1 unspecified atom stereocenters. The third kappa shape index (κ3) is 2.16. The Labute approximate surface area is 94.6 Å². The van der Waals surface area contributed by atoms with Gasteiger partial charge in [0.25, 0.3) is 0 Å². The summed E-state index contributed by atoms with van der Waals surface area (Å²) in [6.45, 7) is 2.98. The average Bonchev–Trinajstić information content (AvgIpc) is 2.26. The number of rotatable bonds is 1. The third-order valence-electron chi connectivity index (χ3n) is 3.01. The first-order chi connectivity index (χ1) is 7.20. The van der Waals surface area contributed by atoms with Crippen LogP contribution in [0.15, 0.2) is 12.1 Å². The Morgan fingerprint density at radius 1 is 1.40 bits per heavy atom. The van der Waals surface area contributed by atoms with Crippen molar-refractivity contribution in [2.45, 2.75) is 32.2 Å². The van der Waals surface area contributed by atoms with E-state index >= 15 is 0 Å². The van der Waals surface area contributed by atoms with Gasteiger partial charge in [0.2, 0.25) is 0 Å². The van der Waals surface area contributed by atoms with Crippen molar-refractivity contribution in [1.82, 2.24) is 5.32 Å². The fraction of sp³-hybridized carbons (Fsp3) is 0.500. The maximum atomic E-state index is 13.4. The molecule has 82 valence electrons. The van der Waals surface area contributed by atoms with Crippen LogP contribution in [-0.2, 0) is 0 Å². The first-order valence-electron chi connectivity index (χ1n) is 5.38. The lowest BCUT2D eigenvalue weighted by Crippen LogP contribution is -2.27. The van der Waals surface area contributed by atoms with E-state index in [4.69, 9.17) is 11.6 Å². The van der Waals surface area contributed by atoms with Crippen LogP contribution in [0.4, 0.5) is 4.39 Å². The minimum atomic E-state index is -0.315. The Morgan fingerprint density at radius 2 is 2.20 bits per heavy atom. The summed E-state index contributed by atoms with van der Waals surface area (Å²) in [5.74, 6) is -0.315. The second kappa shape index (κ2) is 4.50. The van der Waals surface area contributed by atoms with Gasteiger partial charge in [-0.3, -0.25) is 0 Å². The van der Waals surface area contributed by atoms with Crippen LogP contribution < -0.4 is 5.32 Å². The number of halogens is 2. The molecular formula is C12H15ClFN. The highest BCUT2D eigenvalue weighted by molar-refractivity contribution is 6.31. The summed E-state index contributed by atoms with van der Waals surface area (Å²) in [4.78, 5) is 0. The van der Waals surface area contributed by atoms with Crippen molar-refractivity contribution < 1.29 is 4.39 Å². The van der Waals surface area contributed by atoms with Gasteiger partial charge in [0.1, 0.15) is 5.82 Å². The number of hydrogen-bond acceptors (Lipinski definition) is 1. The Kier molecular flexibility index (Phi) is 3.27. The van der Waals surface area contributed by atoms with Gasteiger partial charge in [0.05, 0.1) is 5.02 Å². The minimum Gasteiger partial charge on any atom is -0.310 e. The molecule has 1 heterocycles. The topological polar surface area (TPSA) is 12.0 Å². The summed E-state index contributed by atoms with van der Waals surface area (Å²) >= 11 is 6.02. The maximum Gasteiger partial charge on any atom is 0.142 e. The smallest absolute Gasteiger partial charge is 0.142 e. The SMILES string of the molecule is Cc1ccc(F)c(Cl)c1C1CCCCN1. The molecule has 0 spiro atoms. The van der Waals surface area contributed by atoms with E-state index in [2.05, 4.69) is 5.32 Å². The number of benzene rings is 1. The number of piperidine rings is 1. The van der Waals surface area contributed by atoms with Gasteiger partial charge >= 0.3 is 0 Å². The lowest BCUT2D eigenvalue weighted by molar-refractivity contribution is 0.410. The molecule has 2 rings (SSSR count). The third-order valence-corrected chi connectivity index (χ3v) is 3.39. The van der Waals surface area contributed by atoms with Gasteiger partial charge in [0, 0.05) is 6.04 Å². The molecule has 1 aromatic carbocycles. The molecule has 1 nitrogen and oxygen atoms in total. The van der Waals surface area contributed by atoms with Crippen LogP contribution in [0.3, 0.4) is 0 Å². The van der Waals surface area contributed by atoms with E-state index < -0.39 is 0 Å². The van der Waals surface area contributed by atoms with Gasteiger partial charge in [-0.05, 0) is 43.5 Å². The van der Waals surface area contributed by atoms with Crippen molar-refractivity contribution in [3.05, 3.63) is 34.1 Å². The highest BCUT2D eigenvalue weighted by Gasteiger charge is 2.20. The van der Waals surface area contributed by atoms with Gasteiger partial charge in [-0.1, -0.05) is 24.1 Å². The predicted molar refractivity (Wildman–Crippen MR) is 60.7 cm³/mol. The molecule has 0 bridgehead atoms. The zero-order chi connectivity index (χ0) is 10.8. The van der Waals surface area contributed by atoms with E-state index in [1.165, 1.54) is 18.9 Å². The zero-order valence-electron chi connectivity index (χ0n) is 8.82. The summed E-state index contributed by atoms with van der Waals surface area (Å²) in [6, 6.07) is 3.46. The Morgan fingerprint density at radius 3 is 2.87 bits per heavy atom. The van der Waals surface area contributed by atoms with Gasteiger partial charge in [0.15, 0.2) is 0 Å². The highest BCUT2D eigenvalue weighted by atomic mass is 35.5. The Balaban J connectivity index is 2.36. The normalized spacial score (nSPS) is 21.7. The van der Waals surface area contributed by atoms with Crippen LogP contribution in [0.1, 0.15) is 36.4 Å². The second-order valence-corrected chi connectivity index (χ2v) is 4.47. The van der Waals surface area contributed by atoms with Gasteiger partial charge in [-0.15, -0.1) is 0 Å². The Bertz CT molecular complexity index is 359. The second-order valence-electron chi connectivity index (χ2n) is 4.09. The van der Waals surface area contributed by atoms with Crippen molar-refractivity contribution in [3.8, 4) is 0 Å². The summed E-state index contributed by atoms with van der Waals surface area (Å²) in [5.41, 5.74) is 2.01. The van der Waals surface area contributed by atoms with Crippen LogP contribution in [0.2, 0.25) is 5.02 Å². The molecule has 0 amide bonds. The fourth-order valence-corrected chi connectivity index (χ4v) is 2.53. The molecule has 0 radical (unpaired) electrons.